The number of nitrogens with zero attached hydrogens (tertiary/aromatic N) is 2. The predicted molar refractivity (Wildman–Crippen MR) is 72.4 cm³/mol. The minimum atomic E-state index is -0.475. The highest BCUT2D eigenvalue weighted by Gasteiger charge is 2.11. The molecule has 1 N–H and O–H groups in total. The highest BCUT2D eigenvalue weighted by atomic mass is 16.3. The van der Waals surface area contributed by atoms with E-state index in [0.29, 0.717) is 6.42 Å². The molecule has 0 aliphatic heterocycles. The van der Waals surface area contributed by atoms with Crippen LogP contribution in [-0.2, 0) is 13.0 Å². The summed E-state index contributed by atoms with van der Waals surface area (Å²) in [6, 6.07) is 8.16. The van der Waals surface area contributed by atoms with E-state index in [1.165, 1.54) is 11.1 Å². The first-order valence-electron chi connectivity index (χ1n) is 6.45. The van der Waals surface area contributed by atoms with Gasteiger partial charge < -0.3 is 5.11 Å². The molecule has 1 heterocycles. The lowest BCUT2D eigenvalue weighted by Crippen LogP contribution is -2.02. The van der Waals surface area contributed by atoms with Crippen molar-refractivity contribution < 1.29 is 5.11 Å². The van der Waals surface area contributed by atoms with E-state index >= 15 is 0 Å². The Bertz CT molecular complexity index is 505. The summed E-state index contributed by atoms with van der Waals surface area (Å²) < 4.78 is 1.89. The minimum Gasteiger partial charge on any atom is -0.388 e. The second kappa shape index (κ2) is 5.83. The Morgan fingerprint density at radius 1 is 1.33 bits per heavy atom. The molecule has 3 nitrogen and oxygen atoms in total. The normalized spacial score (nSPS) is 12.6. The van der Waals surface area contributed by atoms with Crippen molar-refractivity contribution in [3.8, 4) is 0 Å². The molecule has 0 spiro atoms. The average molecular weight is 244 g/mol. The van der Waals surface area contributed by atoms with Gasteiger partial charge in [-0.15, -0.1) is 0 Å². The lowest BCUT2D eigenvalue weighted by atomic mass is 10.0. The van der Waals surface area contributed by atoms with Gasteiger partial charge in [0.15, 0.2) is 0 Å². The maximum Gasteiger partial charge on any atom is 0.0860 e. The number of aliphatic hydroxyl groups is 1. The number of hydrogen-bond acceptors (Lipinski definition) is 2. The molecule has 0 radical (unpaired) electrons. The van der Waals surface area contributed by atoms with E-state index in [4.69, 9.17) is 0 Å². The summed E-state index contributed by atoms with van der Waals surface area (Å²) in [5, 5.41) is 14.5. The summed E-state index contributed by atoms with van der Waals surface area (Å²) in [7, 11) is 0. The van der Waals surface area contributed by atoms with Crippen LogP contribution in [0.5, 0.6) is 0 Å². The van der Waals surface area contributed by atoms with Crippen LogP contribution in [0.1, 0.15) is 36.1 Å². The van der Waals surface area contributed by atoms with Crippen molar-refractivity contribution in [2.75, 3.05) is 0 Å². The van der Waals surface area contributed by atoms with Gasteiger partial charge in [-0.2, -0.15) is 5.10 Å². The molecule has 0 aliphatic carbocycles. The van der Waals surface area contributed by atoms with Crippen LogP contribution in [0.25, 0.3) is 0 Å². The molecule has 0 amide bonds. The summed E-state index contributed by atoms with van der Waals surface area (Å²) in [5.41, 5.74) is 3.30. The second-order valence-electron chi connectivity index (χ2n) is 4.68. The Kier molecular flexibility index (Phi) is 4.15. The van der Waals surface area contributed by atoms with Gasteiger partial charge in [-0.3, -0.25) is 4.68 Å². The SMILES string of the molecule is CCCn1cc(C(O)Cc2ccccc2C)cn1. The molecule has 96 valence electrons. The quantitative estimate of drug-likeness (QED) is 0.878. The third-order valence-corrected chi connectivity index (χ3v) is 3.17. The summed E-state index contributed by atoms with van der Waals surface area (Å²) in [6.45, 7) is 5.09. The number of benzene rings is 1. The van der Waals surface area contributed by atoms with Crippen LogP contribution in [0.4, 0.5) is 0 Å². The number of aromatic nitrogens is 2. The van der Waals surface area contributed by atoms with Crippen molar-refractivity contribution >= 4 is 0 Å². The molecule has 1 aromatic carbocycles. The van der Waals surface area contributed by atoms with Crippen molar-refractivity contribution in [1.29, 1.82) is 0 Å². The molecule has 3 heteroatoms. The van der Waals surface area contributed by atoms with Gasteiger partial charge in [0.1, 0.15) is 0 Å². The number of aliphatic hydroxyl groups excluding tert-OH is 1. The Labute approximate surface area is 108 Å². The lowest BCUT2D eigenvalue weighted by Gasteiger charge is -2.10. The highest BCUT2D eigenvalue weighted by Crippen LogP contribution is 2.19. The first kappa shape index (κ1) is 12.8. The van der Waals surface area contributed by atoms with Crippen LogP contribution >= 0.6 is 0 Å². The van der Waals surface area contributed by atoms with Gasteiger partial charge in [0.25, 0.3) is 0 Å². The largest absolute Gasteiger partial charge is 0.388 e. The standard InChI is InChI=1S/C15H20N2O/c1-3-8-17-11-14(10-16-17)15(18)9-13-7-5-4-6-12(13)2/h4-7,10-11,15,18H,3,8-9H2,1-2H3. The molecule has 0 saturated heterocycles. The monoisotopic (exact) mass is 244 g/mol. The molecule has 18 heavy (non-hydrogen) atoms. The average Bonchev–Trinajstić information content (AvgIpc) is 2.81. The molecule has 1 aromatic heterocycles. The molecular weight excluding hydrogens is 224 g/mol. The summed E-state index contributed by atoms with van der Waals surface area (Å²) in [6.07, 6.45) is 4.92. The molecule has 2 rings (SSSR count). The van der Waals surface area contributed by atoms with Crippen LogP contribution < -0.4 is 0 Å². The van der Waals surface area contributed by atoms with Gasteiger partial charge in [0, 0.05) is 24.7 Å². The molecule has 0 aliphatic rings. The number of aryl methyl sites for hydroxylation is 2. The van der Waals surface area contributed by atoms with E-state index in [2.05, 4.69) is 31.1 Å². The zero-order valence-electron chi connectivity index (χ0n) is 11.0. The molecule has 0 bridgehead atoms. The zero-order chi connectivity index (χ0) is 13.0. The Hall–Kier alpha value is -1.61. The Morgan fingerprint density at radius 2 is 2.11 bits per heavy atom. The molecule has 0 saturated carbocycles. The van der Waals surface area contributed by atoms with Crippen LogP contribution in [0.2, 0.25) is 0 Å². The van der Waals surface area contributed by atoms with Gasteiger partial charge >= 0.3 is 0 Å². The van der Waals surface area contributed by atoms with E-state index in [-0.39, 0.29) is 0 Å². The maximum atomic E-state index is 10.2. The van der Waals surface area contributed by atoms with E-state index in [1.807, 2.05) is 23.0 Å². The number of hydrogen-bond donors (Lipinski definition) is 1. The zero-order valence-corrected chi connectivity index (χ0v) is 11.0. The topological polar surface area (TPSA) is 38.0 Å². The van der Waals surface area contributed by atoms with Gasteiger partial charge in [-0.1, -0.05) is 31.2 Å². The molecule has 1 unspecified atom stereocenters. The van der Waals surface area contributed by atoms with E-state index in [0.717, 1.165) is 18.5 Å². The fraction of sp³-hybridized carbons (Fsp3) is 0.400. The Morgan fingerprint density at radius 3 is 2.83 bits per heavy atom. The highest BCUT2D eigenvalue weighted by molar-refractivity contribution is 5.27. The van der Waals surface area contributed by atoms with Gasteiger partial charge in [-0.05, 0) is 24.5 Å². The Balaban J connectivity index is 2.07. The van der Waals surface area contributed by atoms with E-state index < -0.39 is 6.10 Å². The van der Waals surface area contributed by atoms with Crippen molar-refractivity contribution in [3.63, 3.8) is 0 Å². The van der Waals surface area contributed by atoms with Crippen molar-refractivity contribution in [3.05, 3.63) is 53.3 Å². The number of rotatable bonds is 5. The van der Waals surface area contributed by atoms with Gasteiger partial charge in [-0.25, -0.2) is 0 Å². The third-order valence-electron chi connectivity index (χ3n) is 3.17. The van der Waals surface area contributed by atoms with Crippen molar-refractivity contribution in [2.24, 2.45) is 0 Å². The second-order valence-corrected chi connectivity index (χ2v) is 4.68. The lowest BCUT2D eigenvalue weighted by molar-refractivity contribution is 0.178. The van der Waals surface area contributed by atoms with Gasteiger partial charge in [0.05, 0.1) is 12.3 Å². The molecule has 2 aromatic rings. The fourth-order valence-corrected chi connectivity index (χ4v) is 2.07. The van der Waals surface area contributed by atoms with E-state index in [1.54, 1.807) is 6.20 Å². The van der Waals surface area contributed by atoms with Crippen molar-refractivity contribution in [2.45, 2.75) is 39.3 Å². The summed E-state index contributed by atoms with van der Waals surface area (Å²) in [5.74, 6) is 0. The first-order valence-corrected chi connectivity index (χ1v) is 6.45. The van der Waals surface area contributed by atoms with E-state index in [9.17, 15) is 5.11 Å². The van der Waals surface area contributed by atoms with Crippen LogP contribution in [0.3, 0.4) is 0 Å². The molecule has 0 fully saturated rings. The molecule has 1 atom stereocenters. The fourth-order valence-electron chi connectivity index (χ4n) is 2.07. The predicted octanol–water partition coefficient (Wildman–Crippen LogP) is 2.88. The summed E-state index contributed by atoms with van der Waals surface area (Å²) in [4.78, 5) is 0. The van der Waals surface area contributed by atoms with Crippen LogP contribution in [0.15, 0.2) is 36.7 Å². The van der Waals surface area contributed by atoms with Crippen LogP contribution in [-0.4, -0.2) is 14.9 Å². The van der Waals surface area contributed by atoms with Crippen molar-refractivity contribution in [1.82, 2.24) is 9.78 Å². The third kappa shape index (κ3) is 2.99. The first-order chi connectivity index (χ1) is 8.70. The minimum absolute atomic E-state index is 0.475. The van der Waals surface area contributed by atoms with Gasteiger partial charge in [0.2, 0.25) is 0 Å². The summed E-state index contributed by atoms with van der Waals surface area (Å²) >= 11 is 0. The maximum absolute atomic E-state index is 10.2. The molecular formula is C15H20N2O. The smallest absolute Gasteiger partial charge is 0.0860 e. The van der Waals surface area contributed by atoms with Crippen LogP contribution in [0, 0.1) is 6.92 Å².